The van der Waals surface area contributed by atoms with Gasteiger partial charge in [-0.25, -0.2) is 0 Å². The molecule has 0 bridgehead atoms. The molecule has 0 N–H and O–H groups in total. The van der Waals surface area contributed by atoms with Gasteiger partial charge in [0.25, 0.3) is 0 Å². The van der Waals surface area contributed by atoms with E-state index in [9.17, 15) is 0 Å². The normalized spacial score (nSPS) is 0. The van der Waals surface area contributed by atoms with Crippen LogP contribution in [-0.2, 0) is 0 Å². The summed E-state index contributed by atoms with van der Waals surface area (Å²) in [6, 6.07) is 0. The van der Waals surface area contributed by atoms with Crippen LogP contribution in [0.1, 0.15) is 0 Å². The first kappa shape index (κ1) is 59.0. The fourth-order valence-corrected chi connectivity index (χ4v) is 0. The van der Waals surface area contributed by atoms with E-state index in [0.717, 1.165) is 0 Å². The van der Waals surface area contributed by atoms with Crippen molar-refractivity contribution in [3.05, 3.63) is 0 Å². The van der Waals surface area contributed by atoms with Crippen LogP contribution in [-0.4, -0.2) is 138 Å². The summed E-state index contributed by atoms with van der Waals surface area (Å²) in [6.07, 6.45) is 0. The first-order valence-corrected chi connectivity index (χ1v) is 0. The Balaban J connectivity index is 0. The van der Waals surface area contributed by atoms with E-state index in [4.69, 9.17) is 0 Å². The molecule has 0 amide bonds. The molecule has 0 aromatic heterocycles. The molecule has 0 aliphatic heterocycles. The number of hydrogen-bond acceptors (Lipinski definition) is 0. The molecule has 0 saturated carbocycles. The van der Waals surface area contributed by atoms with Crippen LogP contribution in [0.4, 0.5) is 0 Å². The van der Waals surface area contributed by atoms with Gasteiger partial charge in [-0.15, -0.1) is 0 Å². The second-order valence-electron chi connectivity index (χ2n) is 0. The predicted molar refractivity (Wildman–Crippen MR) is 11.5 cm³/mol. The molecule has 0 unspecified atom stereocenters. The minimum absolute atomic E-state index is 0. The summed E-state index contributed by atoms with van der Waals surface area (Å²) in [5.41, 5.74) is 0. The topological polar surface area (TPSA) is 0 Å². The smallest absolute Gasteiger partial charge is 0 e. The van der Waals surface area contributed by atoms with Gasteiger partial charge in [0.05, 0.1) is 0 Å². The molecule has 0 aliphatic carbocycles. The number of rotatable bonds is 0. The molecule has 0 rings (SSSR count). The molecule has 0 fully saturated rings. The first-order valence-electron chi connectivity index (χ1n) is 0. The Bertz CT molecular complexity index is 6.88. The van der Waals surface area contributed by atoms with Crippen LogP contribution < -0.4 is 0 Å². The van der Waals surface area contributed by atoms with Gasteiger partial charge in [0.2, 0.25) is 0 Å². The molecular weight excluding hydrogens is 1930 g/mol. The molecule has 9 heavy (non-hydrogen) atoms. The maximum Gasteiger partial charge on any atom is 0 e. The fourth-order valence-electron chi connectivity index (χ4n) is 0. The molecule has 0 aromatic rings. The summed E-state index contributed by atoms with van der Waals surface area (Å²) >= 11 is 0. The Morgan fingerprint density at radius 3 is 0.222 bits per heavy atom. The van der Waals surface area contributed by atoms with Crippen LogP contribution in [0, 0.1) is 218 Å². The molecule has 0 atom stereocenters. The summed E-state index contributed by atoms with van der Waals surface area (Å²) in [5.74, 6) is 0. The molecule has 0 heterocycles. The van der Waals surface area contributed by atoms with Crippen molar-refractivity contribution < 1.29 is 218 Å². The molecule has 0 aromatic carbocycles. The summed E-state index contributed by atoms with van der Waals surface area (Å²) < 4.78 is 0. The Morgan fingerprint density at radius 2 is 0.222 bits per heavy atom. The first-order chi connectivity index (χ1) is 0. The largest absolute Gasteiger partial charge is 0 e. The summed E-state index contributed by atoms with van der Waals surface area (Å²) in [5, 5.41) is 0. The average Bonchev–Trinajstić information content (AvgIpc) is 0. The van der Waals surface area contributed by atoms with E-state index in [-0.39, 0.29) is 356 Å². The van der Waals surface area contributed by atoms with Crippen molar-refractivity contribution in [2.24, 2.45) is 0 Å². The van der Waals surface area contributed by atoms with Crippen molar-refractivity contribution >= 4 is 138 Å². The average molecular weight is 1930 g/mol. The van der Waals surface area contributed by atoms with Crippen molar-refractivity contribution in [1.29, 1.82) is 0 Å². The van der Waals surface area contributed by atoms with Gasteiger partial charge < -0.3 is 0 Å². The molecule has 9 heteroatoms. The van der Waals surface area contributed by atoms with Crippen LogP contribution >= 0.6 is 0 Å². The van der Waals surface area contributed by atoms with E-state index in [1.165, 1.54) is 0 Å². The van der Waals surface area contributed by atoms with Crippen LogP contribution in [0.25, 0.3) is 0 Å². The van der Waals surface area contributed by atoms with Crippen LogP contribution in [0.15, 0.2) is 0 Å². The van der Waals surface area contributed by atoms with E-state index in [0.29, 0.717) is 0 Å². The van der Waals surface area contributed by atoms with Gasteiger partial charge >= 0.3 is 0 Å². The quantitative estimate of drug-likeness (QED) is 0.300. The van der Waals surface area contributed by atoms with Gasteiger partial charge in [0.1, 0.15) is 0 Å². The van der Waals surface area contributed by atoms with Gasteiger partial charge in [0.15, 0.2) is 0 Å². The second-order valence-corrected chi connectivity index (χ2v) is 0. The van der Waals surface area contributed by atoms with Gasteiger partial charge in [-0.05, 0) is 0 Å². The van der Waals surface area contributed by atoms with Crippen molar-refractivity contribution in [2.75, 3.05) is 0 Å². The Morgan fingerprint density at radius 1 is 0.222 bits per heavy atom. The monoisotopic (exact) mass is 1930 g/mol. The van der Waals surface area contributed by atoms with Crippen LogP contribution in [0.3, 0.4) is 0 Å². The minimum Gasteiger partial charge on any atom is 0 e. The maximum atomic E-state index is 0. The van der Waals surface area contributed by atoms with Gasteiger partial charge in [0, 0.05) is 356 Å². The van der Waals surface area contributed by atoms with Gasteiger partial charge in [-0.3, -0.25) is 0 Å². The molecule has 0 nitrogen and oxygen atoms in total. The standard InChI is InChI=1S/2Cs.7U. The zero-order valence-corrected chi connectivity index (χ0v) is 47.2. The Kier molecular flexibility index (Phi) is 331. The van der Waals surface area contributed by atoms with Crippen molar-refractivity contribution in [3.8, 4) is 0 Å². The summed E-state index contributed by atoms with van der Waals surface area (Å²) in [4.78, 5) is 0. The van der Waals surface area contributed by atoms with Gasteiger partial charge in [-0.1, -0.05) is 0 Å². The third-order valence-electron chi connectivity index (χ3n) is 0. The molecule has 30 valence electrons. The zero-order valence-electron chi connectivity index (χ0n) is 5.50. The molecule has 0 spiro atoms. The third kappa shape index (κ3) is 45.2. The van der Waals surface area contributed by atoms with E-state index in [2.05, 4.69) is 0 Å². The molecule has 0 aliphatic rings. The van der Waals surface area contributed by atoms with Gasteiger partial charge in [-0.2, -0.15) is 0 Å². The van der Waals surface area contributed by atoms with E-state index >= 15 is 0 Å². The Labute approximate surface area is 341 Å². The third-order valence-corrected chi connectivity index (χ3v) is 0. The van der Waals surface area contributed by atoms with Crippen LogP contribution in [0.5, 0.6) is 0 Å². The minimum atomic E-state index is 0. The van der Waals surface area contributed by atoms with E-state index in [1.807, 2.05) is 0 Å². The summed E-state index contributed by atoms with van der Waals surface area (Å²) in [7, 11) is 0. The fraction of sp³-hybridized carbons (Fsp3) is 0. The molecule has 0 saturated heterocycles. The van der Waals surface area contributed by atoms with E-state index < -0.39 is 0 Å². The second kappa shape index (κ2) is 50.5. The van der Waals surface area contributed by atoms with Crippen molar-refractivity contribution in [2.45, 2.75) is 0 Å². The van der Waals surface area contributed by atoms with Crippen molar-refractivity contribution in [3.63, 3.8) is 0 Å². The van der Waals surface area contributed by atoms with Crippen LogP contribution in [0.2, 0.25) is 0 Å². The Hall–Kier alpha value is 11.5. The SMILES string of the molecule is [Cs].[Cs].[U].[U].[U].[U].[U].[U].[U]. The van der Waals surface area contributed by atoms with Crippen molar-refractivity contribution in [1.82, 2.24) is 0 Å². The predicted octanol–water partition coefficient (Wildman–Crippen LogP) is -0.762. The van der Waals surface area contributed by atoms with E-state index in [1.54, 1.807) is 0 Å². The summed E-state index contributed by atoms with van der Waals surface area (Å²) in [6.45, 7) is 0. The maximum absolute atomic E-state index is 0. The number of hydrogen-bond donors (Lipinski definition) is 0. The molecular formula is Cs2U7. The molecule has 2 radical (unpaired) electrons. The zero-order chi connectivity index (χ0) is 0.